The fourth-order valence-corrected chi connectivity index (χ4v) is 4.19. The first kappa shape index (κ1) is 18.7. The van der Waals surface area contributed by atoms with E-state index >= 15 is 0 Å². The van der Waals surface area contributed by atoms with Crippen molar-refractivity contribution in [1.82, 2.24) is 0 Å². The molecule has 1 saturated carbocycles. The monoisotopic (exact) mass is 411 g/mol. The number of hydrogen-bond acceptors (Lipinski definition) is 7. The third kappa shape index (κ3) is 3.03. The van der Waals surface area contributed by atoms with Crippen molar-refractivity contribution in [3.05, 3.63) is 46.7 Å². The molecule has 0 N–H and O–H groups in total. The maximum Gasteiger partial charge on any atom is 0.360 e. The van der Waals surface area contributed by atoms with E-state index in [2.05, 4.69) is 11.2 Å². The molecule has 8 heteroatoms. The van der Waals surface area contributed by atoms with Gasteiger partial charge in [-0.2, -0.15) is 0 Å². The van der Waals surface area contributed by atoms with Gasteiger partial charge in [0.05, 0.1) is 19.1 Å². The molecule has 0 saturated heterocycles. The Kier molecular flexibility index (Phi) is 4.49. The van der Waals surface area contributed by atoms with Gasteiger partial charge in [0, 0.05) is 17.6 Å². The molecule has 1 unspecified atom stereocenters. The quantitative estimate of drug-likeness (QED) is 0.310. The zero-order valence-electron chi connectivity index (χ0n) is 17.1. The maximum absolute atomic E-state index is 12.2. The number of fused-ring (bicyclic) bond motifs is 3. The Labute approximate surface area is 174 Å². The fraction of sp³-hybridized carbons (Fsp3) is 0.409. The second kappa shape index (κ2) is 7.19. The summed E-state index contributed by atoms with van der Waals surface area (Å²) in [5, 5.41) is 3.88. The van der Waals surface area contributed by atoms with Gasteiger partial charge in [0.15, 0.2) is 17.2 Å². The molecule has 1 atom stereocenters. The molecule has 0 radical (unpaired) electrons. The Bertz CT molecular complexity index is 1050. The lowest BCUT2D eigenvalue weighted by atomic mass is 9.91. The molecule has 1 aromatic rings. The first-order valence-electron chi connectivity index (χ1n) is 9.95. The topological polar surface area (TPSA) is 78.6 Å². The number of carbonyl (C=O) groups excluding carboxylic acids is 1. The Morgan fingerprint density at radius 2 is 2.03 bits per heavy atom. The van der Waals surface area contributed by atoms with Crippen LogP contribution in [0.25, 0.3) is 0 Å². The smallest absolute Gasteiger partial charge is 0.360 e. The van der Waals surface area contributed by atoms with Crippen molar-refractivity contribution < 1.29 is 33.4 Å². The lowest BCUT2D eigenvalue weighted by Crippen LogP contribution is -2.37. The van der Waals surface area contributed by atoms with Crippen LogP contribution in [0, 0.1) is 5.92 Å². The van der Waals surface area contributed by atoms with E-state index < -0.39 is 5.97 Å². The molecule has 6 rings (SSSR count). The lowest BCUT2D eigenvalue weighted by molar-refractivity contribution is -0.808. The van der Waals surface area contributed by atoms with Crippen molar-refractivity contribution in [1.29, 1.82) is 0 Å². The van der Waals surface area contributed by atoms with Gasteiger partial charge in [-0.05, 0) is 48.3 Å². The van der Waals surface area contributed by atoms with Crippen molar-refractivity contribution in [2.24, 2.45) is 11.1 Å². The number of benzene rings is 1. The average Bonchev–Trinajstić information content (AvgIpc) is 3.47. The van der Waals surface area contributed by atoms with Gasteiger partial charge >= 0.3 is 5.97 Å². The van der Waals surface area contributed by atoms with Crippen molar-refractivity contribution in [3.63, 3.8) is 0 Å². The van der Waals surface area contributed by atoms with E-state index in [-0.39, 0.29) is 18.5 Å². The highest BCUT2D eigenvalue weighted by atomic mass is 16.7. The van der Waals surface area contributed by atoms with E-state index in [9.17, 15) is 4.79 Å². The number of hydrogen-bond donors (Lipinski definition) is 0. The minimum atomic E-state index is -0.568. The predicted molar refractivity (Wildman–Crippen MR) is 106 cm³/mol. The summed E-state index contributed by atoms with van der Waals surface area (Å²) >= 11 is 0. The van der Waals surface area contributed by atoms with Gasteiger partial charge < -0.3 is 19.0 Å². The van der Waals surface area contributed by atoms with Crippen LogP contribution in [0.1, 0.15) is 37.8 Å². The Hall–Kier alpha value is -3.29. The molecular formula is C22H23N2O6+. The van der Waals surface area contributed by atoms with Crippen LogP contribution in [0.4, 0.5) is 0 Å². The number of allylic oxidation sites excluding steroid dienone is 3. The molecule has 2 bridgehead atoms. The standard InChI is InChI=1S/C22H23N2O6/c1-12-8-15-10-16(19(23-27-3)22(25)26-2)21(12)30-24(15)20(13-4-5-13)14-6-7-17-18(9-14)29-11-28-17/h6-7,9-10,13,20H,4-5,8,11H2,1-3H3/q+1. The van der Waals surface area contributed by atoms with E-state index in [1.807, 2.05) is 29.9 Å². The fourth-order valence-electron chi connectivity index (χ4n) is 4.19. The SMILES string of the molecule is CON=C(C(=O)OC)C1=CC2=[N+](C(c3ccc4c(c3)OCO4)C3CC3)OC1=C(C)C2. The Morgan fingerprint density at radius 3 is 2.73 bits per heavy atom. The van der Waals surface area contributed by atoms with Gasteiger partial charge in [0.25, 0.3) is 0 Å². The van der Waals surface area contributed by atoms with Crippen LogP contribution >= 0.6 is 0 Å². The van der Waals surface area contributed by atoms with Crippen LogP contribution in [0.3, 0.4) is 0 Å². The van der Waals surface area contributed by atoms with Crippen LogP contribution in [0.5, 0.6) is 11.5 Å². The number of oxime groups is 1. The summed E-state index contributed by atoms with van der Waals surface area (Å²) in [5.74, 6) is 2.07. The molecule has 0 spiro atoms. The zero-order chi connectivity index (χ0) is 20.8. The third-order valence-corrected chi connectivity index (χ3v) is 5.74. The number of rotatable bonds is 6. The highest BCUT2D eigenvalue weighted by Crippen LogP contribution is 2.47. The summed E-state index contributed by atoms with van der Waals surface area (Å²) in [5.41, 5.74) is 3.80. The lowest BCUT2D eigenvalue weighted by Gasteiger charge is -2.27. The minimum Gasteiger partial charge on any atom is -0.464 e. The molecule has 3 heterocycles. The second-order valence-electron chi connectivity index (χ2n) is 7.76. The Balaban J connectivity index is 1.57. The van der Waals surface area contributed by atoms with E-state index in [1.54, 1.807) is 0 Å². The highest BCUT2D eigenvalue weighted by Gasteiger charge is 2.48. The zero-order valence-corrected chi connectivity index (χ0v) is 17.1. The van der Waals surface area contributed by atoms with Crippen molar-refractivity contribution >= 4 is 17.4 Å². The molecular weight excluding hydrogens is 388 g/mol. The average molecular weight is 411 g/mol. The first-order chi connectivity index (χ1) is 14.6. The normalized spacial score (nSPS) is 20.8. The van der Waals surface area contributed by atoms with E-state index in [0.717, 1.165) is 47.6 Å². The number of carbonyl (C=O) groups is 1. The van der Waals surface area contributed by atoms with E-state index in [0.29, 0.717) is 17.3 Å². The van der Waals surface area contributed by atoms with Gasteiger partial charge in [0.2, 0.25) is 24.3 Å². The van der Waals surface area contributed by atoms with Gasteiger partial charge in [-0.15, -0.1) is 0 Å². The maximum atomic E-state index is 12.2. The molecule has 1 fully saturated rings. The summed E-state index contributed by atoms with van der Waals surface area (Å²) in [6.45, 7) is 2.24. The van der Waals surface area contributed by atoms with Crippen LogP contribution in [-0.2, 0) is 19.2 Å². The third-order valence-electron chi connectivity index (χ3n) is 5.74. The first-order valence-corrected chi connectivity index (χ1v) is 9.95. The van der Waals surface area contributed by atoms with Gasteiger partial charge in [0.1, 0.15) is 7.11 Å². The molecule has 0 amide bonds. The number of nitrogens with zero attached hydrogens (tertiary/aromatic N) is 2. The molecule has 5 aliphatic rings. The van der Waals surface area contributed by atoms with Crippen molar-refractivity contribution in [2.45, 2.75) is 32.2 Å². The van der Waals surface area contributed by atoms with Crippen molar-refractivity contribution in [3.8, 4) is 11.5 Å². The molecule has 8 nitrogen and oxygen atoms in total. The van der Waals surface area contributed by atoms with Gasteiger partial charge in [-0.25, -0.2) is 9.63 Å². The molecule has 2 aliphatic carbocycles. The second-order valence-corrected chi connectivity index (χ2v) is 7.76. The van der Waals surface area contributed by atoms with Gasteiger partial charge in [-0.3, -0.25) is 0 Å². The van der Waals surface area contributed by atoms with Crippen molar-refractivity contribution in [2.75, 3.05) is 21.0 Å². The summed E-state index contributed by atoms with van der Waals surface area (Å²) in [6.07, 6.45) is 4.97. The number of esters is 1. The van der Waals surface area contributed by atoms with Crippen LogP contribution in [0.15, 0.2) is 46.3 Å². The van der Waals surface area contributed by atoms with Crippen LogP contribution in [-0.4, -0.2) is 43.1 Å². The summed E-state index contributed by atoms with van der Waals surface area (Å²) in [6, 6.07) is 6.11. The molecule has 3 aliphatic heterocycles. The molecule has 156 valence electrons. The molecule has 30 heavy (non-hydrogen) atoms. The van der Waals surface area contributed by atoms with Gasteiger partial charge in [-0.1, -0.05) is 5.16 Å². The largest absolute Gasteiger partial charge is 0.464 e. The van der Waals surface area contributed by atoms with Crippen LogP contribution < -0.4 is 9.47 Å². The predicted octanol–water partition coefficient (Wildman–Crippen LogP) is 3.04. The number of methoxy groups -OCH3 is 1. The summed E-state index contributed by atoms with van der Waals surface area (Å²) in [7, 11) is 2.72. The Morgan fingerprint density at radius 1 is 1.23 bits per heavy atom. The summed E-state index contributed by atoms with van der Waals surface area (Å²) in [4.78, 5) is 23.5. The van der Waals surface area contributed by atoms with E-state index in [1.165, 1.54) is 14.2 Å². The minimum absolute atomic E-state index is 0.0522. The molecule has 0 aromatic heterocycles. The summed E-state index contributed by atoms with van der Waals surface area (Å²) < 4.78 is 17.9. The number of hydroxylamine groups is 1. The highest BCUT2D eigenvalue weighted by molar-refractivity contribution is 6.45. The molecule has 1 aromatic carbocycles. The van der Waals surface area contributed by atoms with E-state index in [4.69, 9.17) is 23.9 Å². The van der Waals surface area contributed by atoms with Crippen LogP contribution in [0.2, 0.25) is 0 Å². The number of ether oxygens (including phenoxy) is 3.